The molecule has 2 fully saturated rings. The van der Waals surface area contributed by atoms with Crippen molar-refractivity contribution >= 4 is 35.6 Å². The van der Waals surface area contributed by atoms with Crippen LogP contribution in [-0.4, -0.2) is 17.9 Å². The van der Waals surface area contributed by atoms with Crippen LogP contribution >= 0.6 is 12.4 Å². The molecule has 6 heteroatoms. The highest BCUT2D eigenvalue weighted by Crippen LogP contribution is 2.42. The normalized spacial score (nSPS) is 25.4. The Bertz CT molecular complexity index is 844. The number of carbonyl (C=O) groups excluding carboxylic acids is 2. The van der Waals surface area contributed by atoms with E-state index in [9.17, 15) is 9.59 Å². The molecule has 2 aliphatic carbocycles. The summed E-state index contributed by atoms with van der Waals surface area (Å²) in [5.41, 5.74) is 8.31. The first-order valence-electron chi connectivity index (χ1n) is 10.1. The van der Waals surface area contributed by atoms with Gasteiger partial charge in [-0.2, -0.15) is 0 Å². The van der Waals surface area contributed by atoms with E-state index in [1.54, 1.807) is 18.2 Å². The highest BCUT2D eigenvalue weighted by molar-refractivity contribution is 6.04. The molecule has 0 saturated heterocycles. The van der Waals surface area contributed by atoms with Crippen molar-refractivity contribution < 1.29 is 9.59 Å². The van der Waals surface area contributed by atoms with E-state index in [2.05, 4.69) is 10.6 Å². The second kappa shape index (κ2) is 9.42. The van der Waals surface area contributed by atoms with Gasteiger partial charge in [0, 0.05) is 28.9 Å². The summed E-state index contributed by atoms with van der Waals surface area (Å²) in [7, 11) is 0. The number of hydrogen-bond acceptors (Lipinski definition) is 3. The topological polar surface area (TPSA) is 84.2 Å². The zero-order valence-electron chi connectivity index (χ0n) is 16.3. The van der Waals surface area contributed by atoms with Gasteiger partial charge in [0.25, 0.3) is 5.91 Å². The van der Waals surface area contributed by atoms with Crippen LogP contribution < -0.4 is 16.4 Å². The van der Waals surface area contributed by atoms with E-state index in [4.69, 9.17) is 5.73 Å². The number of nitrogens with one attached hydrogen (secondary N) is 2. The van der Waals surface area contributed by atoms with Crippen LogP contribution in [0.1, 0.15) is 42.5 Å². The highest BCUT2D eigenvalue weighted by atomic mass is 35.5. The fourth-order valence-electron chi connectivity index (χ4n) is 4.72. The van der Waals surface area contributed by atoms with Gasteiger partial charge < -0.3 is 16.4 Å². The van der Waals surface area contributed by atoms with Crippen LogP contribution in [-0.2, 0) is 4.79 Å². The van der Waals surface area contributed by atoms with Crippen LogP contribution in [0.15, 0.2) is 54.6 Å². The molecule has 0 heterocycles. The van der Waals surface area contributed by atoms with Crippen LogP contribution in [0.5, 0.6) is 0 Å². The molecule has 2 aliphatic rings. The average Bonchev–Trinajstić information content (AvgIpc) is 2.68. The molecular weight excluding hydrogens is 386 g/mol. The smallest absolute Gasteiger partial charge is 0.255 e. The lowest BCUT2D eigenvalue weighted by atomic mass is 9.65. The maximum atomic E-state index is 12.8. The number of rotatable bonds is 4. The first-order valence-corrected chi connectivity index (χ1v) is 10.1. The van der Waals surface area contributed by atoms with Crippen molar-refractivity contribution in [2.45, 2.75) is 38.1 Å². The molecule has 2 unspecified atom stereocenters. The summed E-state index contributed by atoms with van der Waals surface area (Å²) >= 11 is 0. The maximum Gasteiger partial charge on any atom is 0.255 e. The van der Waals surface area contributed by atoms with Crippen molar-refractivity contribution in [3.63, 3.8) is 0 Å². The Morgan fingerprint density at radius 2 is 1.48 bits per heavy atom. The fraction of sp³-hybridized carbons (Fsp3) is 0.391. The quantitative estimate of drug-likeness (QED) is 0.692. The fourth-order valence-corrected chi connectivity index (χ4v) is 4.72. The number of nitrogens with two attached hydrogens (primary N) is 1. The van der Waals surface area contributed by atoms with Crippen LogP contribution in [0.3, 0.4) is 0 Å². The van der Waals surface area contributed by atoms with Crippen molar-refractivity contribution in [1.82, 2.24) is 0 Å². The predicted molar refractivity (Wildman–Crippen MR) is 118 cm³/mol. The van der Waals surface area contributed by atoms with E-state index in [0.717, 1.165) is 25.7 Å². The van der Waals surface area contributed by atoms with E-state index >= 15 is 0 Å². The summed E-state index contributed by atoms with van der Waals surface area (Å²) < 4.78 is 0. The standard InChI is InChI=1S/C23H27N3O2.ClH/c24-21-16-8-4-9-17(21)13-18(12-16)23(28)26-20-11-5-10-19(14-20)25-22(27)15-6-2-1-3-7-15;/h1-3,5-7,10-11,14,16-18,21H,4,8-9,12-13,24H2,(H,25,27)(H,26,28);1H. The van der Waals surface area contributed by atoms with Gasteiger partial charge in [-0.15, -0.1) is 12.4 Å². The number of benzene rings is 2. The van der Waals surface area contributed by atoms with Crippen molar-refractivity contribution in [2.24, 2.45) is 23.5 Å². The lowest BCUT2D eigenvalue weighted by Crippen LogP contribution is -2.48. The predicted octanol–water partition coefficient (Wildman–Crippen LogP) is 4.45. The van der Waals surface area contributed by atoms with Crippen LogP contribution in [0.4, 0.5) is 11.4 Å². The first-order chi connectivity index (χ1) is 13.6. The SMILES string of the molecule is Cl.NC1C2CCCC1CC(C(=O)Nc1cccc(NC(=O)c3ccccc3)c1)C2. The van der Waals surface area contributed by atoms with Gasteiger partial charge in [0.15, 0.2) is 0 Å². The minimum atomic E-state index is -0.168. The lowest BCUT2D eigenvalue weighted by molar-refractivity contribution is -0.122. The van der Waals surface area contributed by atoms with Crippen molar-refractivity contribution in [3.8, 4) is 0 Å². The summed E-state index contributed by atoms with van der Waals surface area (Å²) in [6.07, 6.45) is 5.29. The second-order valence-electron chi connectivity index (χ2n) is 8.09. The van der Waals surface area contributed by atoms with Crippen molar-refractivity contribution in [1.29, 1.82) is 0 Å². The molecule has 29 heavy (non-hydrogen) atoms. The van der Waals surface area contributed by atoms with Gasteiger partial charge in [0.1, 0.15) is 0 Å². The largest absolute Gasteiger partial charge is 0.327 e. The third-order valence-corrected chi connectivity index (χ3v) is 6.21. The van der Waals surface area contributed by atoms with Gasteiger partial charge in [-0.3, -0.25) is 9.59 Å². The zero-order chi connectivity index (χ0) is 19.5. The maximum absolute atomic E-state index is 12.8. The molecule has 2 aromatic rings. The van der Waals surface area contributed by atoms with Crippen molar-refractivity contribution in [2.75, 3.05) is 10.6 Å². The molecule has 0 radical (unpaired) electrons. The molecule has 154 valence electrons. The Morgan fingerprint density at radius 1 is 0.862 bits per heavy atom. The summed E-state index contributed by atoms with van der Waals surface area (Å²) in [4.78, 5) is 25.1. The molecule has 2 amide bonds. The molecular formula is C23H28ClN3O2. The van der Waals surface area contributed by atoms with E-state index in [-0.39, 0.29) is 36.2 Å². The Kier molecular flexibility index (Phi) is 6.93. The Morgan fingerprint density at radius 3 is 2.14 bits per heavy atom. The number of anilines is 2. The summed E-state index contributed by atoms with van der Waals surface area (Å²) in [5.74, 6) is 0.866. The van der Waals surface area contributed by atoms with E-state index in [0.29, 0.717) is 28.8 Å². The molecule has 2 saturated carbocycles. The average molecular weight is 414 g/mol. The van der Waals surface area contributed by atoms with Crippen molar-refractivity contribution in [3.05, 3.63) is 60.2 Å². The Balaban J connectivity index is 0.00000240. The summed E-state index contributed by atoms with van der Waals surface area (Å²) in [6.45, 7) is 0. The van der Waals surface area contributed by atoms with Gasteiger partial charge >= 0.3 is 0 Å². The minimum absolute atomic E-state index is 0. The zero-order valence-corrected chi connectivity index (χ0v) is 17.2. The molecule has 5 nitrogen and oxygen atoms in total. The van der Waals surface area contributed by atoms with Crippen LogP contribution in [0.2, 0.25) is 0 Å². The molecule has 0 spiro atoms. The minimum Gasteiger partial charge on any atom is -0.327 e. The van der Waals surface area contributed by atoms with Gasteiger partial charge in [-0.05, 0) is 67.9 Å². The molecule has 2 aromatic carbocycles. The van der Waals surface area contributed by atoms with E-state index in [1.807, 2.05) is 36.4 Å². The van der Waals surface area contributed by atoms with Crippen LogP contribution in [0.25, 0.3) is 0 Å². The van der Waals surface area contributed by atoms with Gasteiger partial charge in [0.2, 0.25) is 5.91 Å². The monoisotopic (exact) mass is 413 g/mol. The Labute approximate surface area is 177 Å². The first kappa shape index (κ1) is 21.3. The third kappa shape index (κ3) is 4.98. The Hall–Kier alpha value is -2.37. The van der Waals surface area contributed by atoms with Gasteiger partial charge in [-0.25, -0.2) is 0 Å². The van der Waals surface area contributed by atoms with E-state index < -0.39 is 0 Å². The number of hydrogen-bond donors (Lipinski definition) is 3. The molecule has 2 atom stereocenters. The molecule has 4 rings (SSSR count). The lowest BCUT2D eigenvalue weighted by Gasteiger charge is -2.43. The number of amides is 2. The summed E-state index contributed by atoms with van der Waals surface area (Å²) in [5, 5.41) is 5.92. The molecule has 2 bridgehead atoms. The summed E-state index contributed by atoms with van der Waals surface area (Å²) in [6, 6.07) is 16.6. The van der Waals surface area contributed by atoms with E-state index in [1.165, 1.54) is 6.42 Å². The number of carbonyl (C=O) groups is 2. The van der Waals surface area contributed by atoms with Gasteiger partial charge in [-0.1, -0.05) is 30.7 Å². The second-order valence-corrected chi connectivity index (χ2v) is 8.09. The third-order valence-electron chi connectivity index (χ3n) is 6.21. The molecule has 4 N–H and O–H groups in total. The molecule has 0 aromatic heterocycles. The highest BCUT2D eigenvalue weighted by Gasteiger charge is 2.40. The van der Waals surface area contributed by atoms with Gasteiger partial charge in [0.05, 0.1) is 0 Å². The number of fused-ring (bicyclic) bond motifs is 2. The molecule has 0 aliphatic heterocycles. The van der Waals surface area contributed by atoms with Crippen LogP contribution in [0, 0.1) is 17.8 Å². The number of halogens is 1.